The molecule has 0 atom stereocenters. The van der Waals surface area contributed by atoms with E-state index in [4.69, 9.17) is 9.47 Å². The molecule has 1 aliphatic heterocycles. The van der Waals surface area contributed by atoms with Crippen LogP contribution in [-0.4, -0.2) is 43.6 Å². The Kier molecular flexibility index (Phi) is 7.63. The number of carbonyl (C=O) groups excluding carboxylic acids is 2. The number of methoxy groups -OCH3 is 1. The fraction of sp³-hybridized carbons (Fsp3) is 0.333. The zero-order chi connectivity index (χ0) is 21.3. The predicted octanol–water partition coefficient (Wildman–Crippen LogP) is 4.09. The van der Waals surface area contributed by atoms with Gasteiger partial charge in [-0.3, -0.25) is 14.5 Å². The summed E-state index contributed by atoms with van der Waals surface area (Å²) in [5, 5.41) is 3.15. The summed E-state index contributed by atoms with van der Waals surface area (Å²) in [5.41, 5.74) is 2.10. The number of unbranched alkanes of at least 4 members (excludes halogenated alkanes) is 1. The first-order valence-corrected chi connectivity index (χ1v) is 10.3. The highest BCUT2D eigenvalue weighted by atomic mass is 16.5. The van der Waals surface area contributed by atoms with Gasteiger partial charge < -0.3 is 14.8 Å². The summed E-state index contributed by atoms with van der Waals surface area (Å²) in [6, 6.07) is 16.5. The van der Waals surface area contributed by atoms with Gasteiger partial charge in [-0.05, 0) is 42.7 Å². The van der Waals surface area contributed by atoms with E-state index < -0.39 is 0 Å². The third kappa shape index (κ3) is 5.07. The van der Waals surface area contributed by atoms with Crippen molar-refractivity contribution in [3.05, 3.63) is 65.9 Å². The standard InChI is InChI=1S/C24H28N2O4/c1-3-4-16-30-17-8-15-26-23(27)21(18-11-13-20(29-2)14-12-18)22(24(26)28)25-19-9-6-5-7-10-19/h5-7,9-14,25H,3-4,8,15-17H2,1-2H3. The van der Waals surface area contributed by atoms with Gasteiger partial charge in [-0.2, -0.15) is 0 Å². The third-order valence-electron chi connectivity index (χ3n) is 4.90. The molecule has 1 heterocycles. The van der Waals surface area contributed by atoms with Crippen LogP contribution in [0.1, 0.15) is 31.7 Å². The minimum atomic E-state index is -0.316. The maximum absolute atomic E-state index is 13.2. The van der Waals surface area contributed by atoms with Gasteiger partial charge in [-0.25, -0.2) is 0 Å². The molecular formula is C24H28N2O4. The number of hydrogen-bond donors (Lipinski definition) is 1. The number of carbonyl (C=O) groups is 2. The molecule has 158 valence electrons. The van der Waals surface area contributed by atoms with E-state index in [1.807, 2.05) is 30.3 Å². The van der Waals surface area contributed by atoms with Crippen LogP contribution < -0.4 is 10.1 Å². The maximum atomic E-state index is 13.2. The molecule has 6 heteroatoms. The van der Waals surface area contributed by atoms with Crippen molar-refractivity contribution in [1.29, 1.82) is 0 Å². The lowest BCUT2D eigenvalue weighted by molar-refractivity contribution is -0.137. The molecule has 0 fully saturated rings. The number of para-hydroxylation sites is 1. The summed E-state index contributed by atoms with van der Waals surface area (Å²) >= 11 is 0. The van der Waals surface area contributed by atoms with E-state index in [-0.39, 0.29) is 11.8 Å². The number of anilines is 1. The Morgan fingerprint density at radius 2 is 1.60 bits per heavy atom. The quantitative estimate of drug-likeness (QED) is 0.448. The largest absolute Gasteiger partial charge is 0.497 e. The van der Waals surface area contributed by atoms with Crippen molar-refractivity contribution < 1.29 is 19.1 Å². The molecule has 2 amide bonds. The highest BCUT2D eigenvalue weighted by Gasteiger charge is 2.38. The van der Waals surface area contributed by atoms with Gasteiger partial charge in [0.2, 0.25) is 0 Å². The number of rotatable bonds is 11. The van der Waals surface area contributed by atoms with Gasteiger partial charge in [0.15, 0.2) is 0 Å². The minimum Gasteiger partial charge on any atom is -0.497 e. The van der Waals surface area contributed by atoms with Gasteiger partial charge in [0.1, 0.15) is 11.4 Å². The molecule has 0 bridgehead atoms. The smallest absolute Gasteiger partial charge is 0.278 e. The van der Waals surface area contributed by atoms with E-state index in [1.165, 1.54) is 4.90 Å². The monoisotopic (exact) mass is 408 g/mol. The normalized spacial score (nSPS) is 13.9. The topological polar surface area (TPSA) is 67.9 Å². The first kappa shape index (κ1) is 21.6. The first-order valence-electron chi connectivity index (χ1n) is 10.3. The molecule has 30 heavy (non-hydrogen) atoms. The lowest BCUT2D eigenvalue weighted by Crippen LogP contribution is -2.34. The Morgan fingerprint density at radius 1 is 0.900 bits per heavy atom. The molecular weight excluding hydrogens is 380 g/mol. The summed E-state index contributed by atoms with van der Waals surface area (Å²) in [6.07, 6.45) is 2.69. The highest BCUT2D eigenvalue weighted by Crippen LogP contribution is 2.31. The van der Waals surface area contributed by atoms with Crippen LogP contribution in [0.2, 0.25) is 0 Å². The minimum absolute atomic E-state index is 0.294. The number of benzene rings is 2. The Bertz CT molecular complexity index is 891. The van der Waals surface area contributed by atoms with Gasteiger partial charge in [0, 0.05) is 25.4 Å². The zero-order valence-corrected chi connectivity index (χ0v) is 17.5. The van der Waals surface area contributed by atoms with E-state index in [9.17, 15) is 9.59 Å². The molecule has 2 aromatic rings. The maximum Gasteiger partial charge on any atom is 0.278 e. The Balaban J connectivity index is 1.81. The summed E-state index contributed by atoms with van der Waals surface area (Å²) in [7, 11) is 1.59. The molecule has 0 aromatic heterocycles. The molecule has 0 aliphatic carbocycles. The van der Waals surface area contributed by atoms with Crippen LogP contribution in [0.15, 0.2) is 60.3 Å². The molecule has 1 aliphatic rings. The summed E-state index contributed by atoms with van der Waals surface area (Å²) in [4.78, 5) is 27.6. The van der Waals surface area contributed by atoms with E-state index in [0.717, 1.165) is 18.5 Å². The Labute approximate surface area is 177 Å². The van der Waals surface area contributed by atoms with Gasteiger partial charge in [0.25, 0.3) is 11.8 Å². The van der Waals surface area contributed by atoms with Crippen molar-refractivity contribution in [3.63, 3.8) is 0 Å². The van der Waals surface area contributed by atoms with Crippen LogP contribution >= 0.6 is 0 Å². The molecule has 0 spiro atoms. The lowest BCUT2D eigenvalue weighted by atomic mass is 10.0. The van der Waals surface area contributed by atoms with Gasteiger partial charge in [-0.15, -0.1) is 0 Å². The molecule has 1 N–H and O–H groups in total. The summed E-state index contributed by atoms with van der Waals surface area (Å²) < 4.78 is 10.8. The summed E-state index contributed by atoms with van der Waals surface area (Å²) in [5.74, 6) is 0.0789. The number of imide groups is 1. The van der Waals surface area contributed by atoms with Crippen molar-refractivity contribution in [2.24, 2.45) is 0 Å². The molecule has 2 aromatic carbocycles. The second-order valence-electron chi connectivity index (χ2n) is 7.05. The average molecular weight is 408 g/mol. The third-order valence-corrected chi connectivity index (χ3v) is 4.90. The molecule has 0 unspecified atom stereocenters. The number of hydrogen-bond acceptors (Lipinski definition) is 5. The average Bonchev–Trinajstić information content (AvgIpc) is 3.01. The molecule has 3 rings (SSSR count). The number of ether oxygens (including phenoxy) is 2. The zero-order valence-electron chi connectivity index (χ0n) is 17.5. The second-order valence-corrected chi connectivity index (χ2v) is 7.05. The van der Waals surface area contributed by atoms with Crippen LogP contribution in [0.5, 0.6) is 5.75 Å². The summed E-state index contributed by atoms with van der Waals surface area (Å²) in [6.45, 7) is 3.66. The van der Waals surface area contributed by atoms with Crippen LogP contribution in [0.4, 0.5) is 5.69 Å². The van der Waals surface area contributed by atoms with E-state index in [2.05, 4.69) is 12.2 Å². The van der Waals surface area contributed by atoms with Crippen molar-refractivity contribution in [1.82, 2.24) is 4.90 Å². The number of amides is 2. The van der Waals surface area contributed by atoms with E-state index >= 15 is 0 Å². The van der Waals surface area contributed by atoms with E-state index in [1.54, 1.807) is 31.4 Å². The molecule has 0 radical (unpaired) electrons. The van der Waals surface area contributed by atoms with Crippen molar-refractivity contribution in [2.45, 2.75) is 26.2 Å². The SMILES string of the molecule is CCCCOCCCN1C(=O)C(Nc2ccccc2)=C(c2ccc(OC)cc2)C1=O. The molecule has 6 nitrogen and oxygen atoms in total. The van der Waals surface area contributed by atoms with Crippen LogP contribution in [0, 0.1) is 0 Å². The second kappa shape index (κ2) is 10.6. The van der Waals surface area contributed by atoms with Crippen LogP contribution in [0.25, 0.3) is 5.57 Å². The van der Waals surface area contributed by atoms with Crippen LogP contribution in [0.3, 0.4) is 0 Å². The van der Waals surface area contributed by atoms with Crippen molar-refractivity contribution >= 4 is 23.1 Å². The Morgan fingerprint density at radius 3 is 2.27 bits per heavy atom. The van der Waals surface area contributed by atoms with Crippen LogP contribution in [-0.2, 0) is 14.3 Å². The van der Waals surface area contributed by atoms with Gasteiger partial charge >= 0.3 is 0 Å². The van der Waals surface area contributed by atoms with Crippen molar-refractivity contribution in [3.8, 4) is 5.75 Å². The first-order chi connectivity index (χ1) is 14.7. The van der Waals surface area contributed by atoms with Gasteiger partial charge in [0.05, 0.1) is 12.7 Å². The predicted molar refractivity (Wildman–Crippen MR) is 117 cm³/mol. The number of nitrogens with one attached hydrogen (secondary N) is 1. The van der Waals surface area contributed by atoms with Crippen molar-refractivity contribution in [2.75, 3.05) is 32.2 Å². The lowest BCUT2D eigenvalue weighted by Gasteiger charge is -2.15. The fourth-order valence-corrected chi connectivity index (χ4v) is 3.26. The fourth-order valence-electron chi connectivity index (χ4n) is 3.26. The molecule has 0 saturated heterocycles. The number of nitrogens with zero attached hydrogens (tertiary/aromatic N) is 1. The Hall–Kier alpha value is -3.12. The molecule has 0 saturated carbocycles. The van der Waals surface area contributed by atoms with Gasteiger partial charge in [-0.1, -0.05) is 43.7 Å². The highest BCUT2D eigenvalue weighted by molar-refractivity contribution is 6.36. The van der Waals surface area contributed by atoms with E-state index in [0.29, 0.717) is 48.8 Å².